The zero-order chi connectivity index (χ0) is 20.6. The Kier molecular flexibility index (Phi) is 5.33. The molecule has 0 aromatic carbocycles. The van der Waals surface area contributed by atoms with Gasteiger partial charge in [0.1, 0.15) is 5.76 Å². The van der Waals surface area contributed by atoms with Crippen LogP contribution in [-0.2, 0) is 16.6 Å². The van der Waals surface area contributed by atoms with Crippen LogP contribution in [0.5, 0.6) is 0 Å². The lowest BCUT2D eigenvalue weighted by atomic mass is 9.95. The van der Waals surface area contributed by atoms with Crippen LogP contribution in [0.15, 0.2) is 30.1 Å². The van der Waals surface area contributed by atoms with Crippen LogP contribution in [-0.4, -0.2) is 68.5 Å². The van der Waals surface area contributed by atoms with E-state index in [9.17, 15) is 14.7 Å². The van der Waals surface area contributed by atoms with E-state index in [-0.39, 0.29) is 11.3 Å². The molecule has 1 fully saturated rings. The van der Waals surface area contributed by atoms with Crippen molar-refractivity contribution >= 4 is 17.4 Å². The van der Waals surface area contributed by atoms with Crippen molar-refractivity contribution in [2.45, 2.75) is 19.9 Å². The Morgan fingerprint density at radius 2 is 1.86 bits per heavy atom. The molecule has 0 spiro atoms. The van der Waals surface area contributed by atoms with Gasteiger partial charge in [-0.2, -0.15) is 5.10 Å². The van der Waals surface area contributed by atoms with E-state index in [0.29, 0.717) is 24.3 Å². The molecule has 148 valence electrons. The zero-order valence-electron chi connectivity index (χ0n) is 16.8. The monoisotopic (exact) mass is 383 g/mol. The van der Waals surface area contributed by atoms with Crippen LogP contribution in [0.1, 0.15) is 28.6 Å². The number of rotatable bonds is 5. The Morgan fingerprint density at radius 1 is 1.21 bits per heavy atom. The summed E-state index contributed by atoms with van der Waals surface area (Å²) in [6.45, 7) is 4.55. The number of amides is 1. The molecule has 8 nitrogen and oxygen atoms in total. The van der Waals surface area contributed by atoms with E-state index in [4.69, 9.17) is 0 Å². The lowest BCUT2D eigenvalue weighted by Crippen LogP contribution is -2.35. The molecule has 1 aliphatic rings. The average Bonchev–Trinajstić information content (AvgIpc) is 3.06. The third-order valence-electron chi connectivity index (χ3n) is 5.10. The van der Waals surface area contributed by atoms with Crippen molar-refractivity contribution in [3.63, 3.8) is 0 Å². The van der Waals surface area contributed by atoms with Crippen molar-refractivity contribution in [1.82, 2.24) is 24.6 Å². The van der Waals surface area contributed by atoms with Crippen molar-refractivity contribution in [2.24, 2.45) is 7.05 Å². The molecular formula is C20H25N5O3. The molecule has 1 aliphatic heterocycles. The van der Waals surface area contributed by atoms with Crippen LogP contribution < -0.4 is 0 Å². The van der Waals surface area contributed by atoms with E-state index in [1.807, 2.05) is 25.9 Å². The summed E-state index contributed by atoms with van der Waals surface area (Å²) in [4.78, 5) is 33.2. The van der Waals surface area contributed by atoms with Crippen LogP contribution in [0, 0.1) is 13.8 Å². The minimum absolute atomic E-state index is 0.0918. The predicted octanol–water partition coefficient (Wildman–Crippen LogP) is 1.42. The summed E-state index contributed by atoms with van der Waals surface area (Å²) in [5.74, 6) is -1.47. The Labute approximate surface area is 164 Å². The number of hydrogen-bond acceptors (Lipinski definition) is 6. The maximum absolute atomic E-state index is 12.9. The Morgan fingerprint density at radius 3 is 2.39 bits per heavy atom. The number of likely N-dealkylation sites (tertiary alicyclic amines) is 1. The smallest absolute Gasteiger partial charge is 0.295 e. The first-order valence-corrected chi connectivity index (χ1v) is 9.07. The third-order valence-corrected chi connectivity index (χ3v) is 5.10. The number of carbonyl (C=O) groups excluding carboxylic acids is 2. The number of aliphatic hydroxyl groups is 1. The first kappa shape index (κ1) is 19.8. The fourth-order valence-corrected chi connectivity index (χ4v) is 3.56. The van der Waals surface area contributed by atoms with E-state index in [1.54, 1.807) is 43.2 Å². The predicted molar refractivity (Wildman–Crippen MR) is 104 cm³/mol. The number of carbonyl (C=O) groups is 2. The number of aromatic nitrogens is 3. The van der Waals surface area contributed by atoms with E-state index < -0.39 is 17.7 Å². The quantitative estimate of drug-likeness (QED) is 0.477. The maximum Gasteiger partial charge on any atom is 0.295 e. The number of hydrogen-bond donors (Lipinski definition) is 1. The fraction of sp³-hybridized carbons (Fsp3) is 0.400. The van der Waals surface area contributed by atoms with Gasteiger partial charge in [-0.3, -0.25) is 19.3 Å². The molecule has 0 aliphatic carbocycles. The van der Waals surface area contributed by atoms with Gasteiger partial charge in [0.15, 0.2) is 0 Å². The van der Waals surface area contributed by atoms with Gasteiger partial charge in [-0.15, -0.1) is 0 Å². The SMILES string of the molecule is Cc1nn(C)c(C)c1C(O)=C1C(=O)C(=O)N(CCN(C)C)C1c1ccncc1. The number of nitrogens with zero attached hydrogens (tertiary/aromatic N) is 5. The first-order valence-electron chi connectivity index (χ1n) is 9.07. The zero-order valence-corrected chi connectivity index (χ0v) is 16.8. The highest BCUT2D eigenvalue weighted by Crippen LogP contribution is 2.39. The molecule has 1 N–H and O–H groups in total. The molecule has 3 heterocycles. The summed E-state index contributed by atoms with van der Waals surface area (Å²) in [7, 11) is 5.58. The van der Waals surface area contributed by atoms with Gasteiger partial charge in [-0.25, -0.2) is 0 Å². The number of ketones is 1. The molecule has 2 aromatic heterocycles. The topological polar surface area (TPSA) is 91.6 Å². The summed E-state index contributed by atoms with van der Waals surface area (Å²) < 4.78 is 1.65. The summed E-state index contributed by atoms with van der Waals surface area (Å²) in [6, 6.07) is 2.85. The van der Waals surface area contributed by atoms with Crippen molar-refractivity contribution in [3.8, 4) is 0 Å². The normalized spacial score (nSPS) is 19.1. The molecule has 2 aromatic rings. The van der Waals surface area contributed by atoms with Gasteiger partial charge >= 0.3 is 0 Å². The summed E-state index contributed by atoms with van der Waals surface area (Å²) in [5.41, 5.74) is 2.64. The second-order valence-corrected chi connectivity index (χ2v) is 7.25. The molecule has 28 heavy (non-hydrogen) atoms. The lowest BCUT2D eigenvalue weighted by molar-refractivity contribution is -0.140. The van der Waals surface area contributed by atoms with Gasteiger partial charge in [0, 0.05) is 38.2 Å². The lowest BCUT2D eigenvalue weighted by Gasteiger charge is -2.26. The van der Waals surface area contributed by atoms with Gasteiger partial charge in [-0.05, 0) is 45.6 Å². The number of Topliss-reactive ketones (excluding diaryl/α,β-unsaturated/α-hetero) is 1. The van der Waals surface area contributed by atoms with Crippen molar-refractivity contribution in [3.05, 3.63) is 52.6 Å². The summed E-state index contributed by atoms with van der Waals surface area (Å²) in [6.07, 6.45) is 3.23. The maximum atomic E-state index is 12.9. The van der Waals surface area contributed by atoms with Crippen LogP contribution in [0.2, 0.25) is 0 Å². The van der Waals surface area contributed by atoms with Crippen LogP contribution in [0.3, 0.4) is 0 Å². The highest BCUT2D eigenvalue weighted by molar-refractivity contribution is 6.46. The molecule has 8 heteroatoms. The van der Waals surface area contributed by atoms with Crippen LogP contribution >= 0.6 is 0 Å². The van der Waals surface area contributed by atoms with Gasteiger partial charge < -0.3 is 14.9 Å². The Balaban J connectivity index is 2.19. The van der Waals surface area contributed by atoms with Crippen LogP contribution in [0.25, 0.3) is 5.76 Å². The van der Waals surface area contributed by atoms with Crippen molar-refractivity contribution in [1.29, 1.82) is 0 Å². The highest BCUT2D eigenvalue weighted by atomic mass is 16.3. The number of aliphatic hydroxyl groups excluding tert-OH is 1. The third kappa shape index (κ3) is 3.31. The van der Waals surface area contributed by atoms with Crippen LogP contribution in [0.4, 0.5) is 0 Å². The fourth-order valence-electron chi connectivity index (χ4n) is 3.56. The summed E-state index contributed by atoms with van der Waals surface area (Å²) in [5, 5.41) is 15.4. The molecule has 0 radical (unpaired) electrons. The molecule has 3 rings (SSSR count). The number of likely N-dealkylation sites (N-methyl/N-ethyl adjacent to an activating group) is 1. The second-order valence-electron chi connectivity index (χ2n) is 7.25. The minimum Gasteiger partial charge on any atom is -0.507 e. The molecule has 0 saturated carbocycles. The second kappa shape index (κ2) is 7.55. The average molecular weight is 383 g/mol. The van der Waals surface area contributed by atoms with E-state index in [0.717, 1.165) is 11.3 Å². The molecule has 1 saturated heterocycles. The number of aryl methyl sites for hydroxylation is 2. The Hall–Kier alpha value is -3.00. The van der Waals surface area contributed by atoms with Crippen molar-refractivity contribution in [2.75, 3.05) is 27.2 Å². The first-order chi connectivity index (χ1) is 13.2. The molecule has 0 bridgehead atoms. The molecule has 1 unspecified atom stereocenters. The molecular weight excluding hydrogens is 358 g/mol. The van der Waals surface area contributed by atoms with E-state index >= 15 is 0 Å². The van der Waals surface area contributed by atoms with Gasteiger partial charge in [0.2, 0.25) is 0 Å². The Bertz CT molecular complexity index is 946. The number of pyridine rings is 1. The highest BCUT2D eigenvalue weighted by Gasteiger charge is 2.46. The van der Waals surface area contributed by atoms with Gasteiger partial charge in [0.05, 0.1) is 22.9 Å². The largest absolute Gasteiger partial charge is 0.507 e. The van der Waals surface area contributed by atoms with E-state index in [1.165, 1.54) is 4.90 Å². The minimum atomic E-state index is -0.680. The molecule has 1 atom stereocenters. The summed E-state index contributed by atoms with van der Waals surface area (Å²) >= 11 is 0. The van der Waals surface area contributed by atoms with E-state index in [2.05, 4.69) is 10.1 Å². The molecule has 1 amide bonds. The standard InChI is InChI=1S/C20H25N5O3/c1-12-15(13(2)24(5)22-12)18(26)16-17(14-6-8-21-9-7-14)25(11-10-23(3)4)20(28)19(16)27/h6-9,17,26H,10-11H2,1-5H3. The van der Waals surface area contributed by atoms with Gasteiger partial charge in [-0.1, -0.05) is 0 Å². The van der Waals surface area contributed by atoms with Gasteiger partial charge in [0.25, 0.3) is 11.7 Å². The van der Waals surface area contributed by atoms with Crippen molar-refractivity contribution < 1.29 is 14.7 Å².